The number of aromatic nitrogens is 2. The Morgan fingerprint density at radius 2 is 2.15 bits per heavy atom. The number of piperidine rings is 1. The molecule has 0 spiro atoms. The minimum absolute atomic E-state index is 0.303. The molecule has 3 rings (SSSR count). The first-order valence-electron chi connectivity index (χ1n) is 10.2. The van der Waals surface area contributed by atoms with Crippen LogP contribution in [0, 0.1) is 11.8 Å². The Morgan fingerprint density at radius 3 is 2.92 bits per heavy atom. The monoisotopic (exact) mass is 362 g/mol. The third-order valence-electron chi connectivity index (χ3n) is 5.43. The van der Waals surface area contributed by atoms with Crippen LogP contribution in [0.2, 0.25) is 0 Å². The van der Waals surface area contributed by atoms with E-state index in [2.05, 4.69) is 35.0 Å². The molecule has 0 saturated carbocycles. The Hall–Kier alpha value is -1.40. The van der Waals surface area contributed by atoms with E-state index < -0.39 is 0 Å². The van der Waals surface area contributed by atoms with Crippen LogP contribution in [0.15, 0.2) is 6.07 Å². The quantitative estimate of drug-likeness (QED) is 0.809. The van der Waals surface area contributed by atoms with Crippen LogP contribution in [0.1, 0.15) is 50.9 Å². The summed E-state index contributed by atoms with van der Waals surface area (Å²) in [5.41, 5.74) is 2.38. The molecule has 0 bridgehead atoms. The molecule has 0 aliphatic carbocycles. The molecular weight excluding hydrogens is 328 g/mol. The van der Waals surface area contributed by atoms with E-state index in [0.29, 0.717) is 37.4 Å². The van der Waals surface area contributed by atoms with Gasteiger partial charge < -0.3 is 9.64 Å². The second-order valence-electron chi connectivity index (χ2n) is 8.26. The number of hydrogen-bond donors (Lipinski definition) is 1. The van der Waals surface area contributed by atoms with E-state index in [-0.39, 0.29) is 0 Å². The fraction of sp³-hybridized carbons (Fsp3) is 0.800. The van der Waals surface area contributed by atoms with Crippen LogP contribution in [-0.2, 0) is 22.5 Å². The van der Waals surface area contributed by atoms with Crippen molar-refractivity contribution in [1.29, 1.82) is 0 Å². The van der Waals surface area contributed by atoms with Crippen molar-refractivity contribution in [1.82, 2.24) is 20.0 Å². The molecule has 6 nitrogen and oxygen atoms in total. The van der Waals surface area contributed by atoms with E-state index in [0.717, 1.165) is 45.6 Å². The van der Waals surface area contributed by atoms with Crippen molar-refractivity contribution in [2.45, 2.75) is 52.5 Å². The summed E-state index contributed by atoms with van der Waals surface area (Å²) in [5.74, 6) is 1.57. The van der Waals surface area contributed by atoms with Gasteiger partial charge in [0.15, 0.2) is 0 Å². The summed E-state index contributed by atoms with van der Waals surface area (Å²) < 4.78 is 5.33. The van der Waals surface area contributed by atoms with Gasteiger partial charge in [0.25, 0.3) is 0 Å². The molecule has 0 aromatic carbocycles. The maximum atomic E-state index is 12.3. The summed E-state index contributed by atoms with van der Waals surface area (Å²) >= 11 is 0. The Balaban J connectivity index is 1.42. The smallest absolute Gasteiger partial charge is 0.222 e. The zero-order chi connectivity index (χ0) is 18.4. The van der Waals surface area contributed by atoms with Gasteiger partial charge in [0.1, 0.15) is 0 Å². The molecule has 6 heteroatoms. The normalized spacial score (nSPS) is 22.1. The van der Waals surface area contributed by atoms with Crippen LogP contribution < -0.4 is 0 Å². The molecular formula is C20H34N4O2. The Kier molecular flexibility index (Phi) is 7.08. The highest BCUT2D eigenvalue weighted by atomic mass is 16.5. The van der Waals surface area contributed by atoms with E-state index in [1.54, 1.807) is 0 Å². The lowest BCUT2D eigenvalue weighted by molar-refractivity contribution is -0.135. The first-order valence-corrected chi connectivity index (χ1v) is 10.2. The minimum atomic E-state index is 0.303. The number of nitrogens with zero attached hydrogens (tertiary/aromatic N) is 3. The predicted molar refractivity (Wildman–Crippen MR) is 102 cm³/mol. The van der Waals surface area contributed by atoms with E-state index in [9.17, 15) is 4.79 Å². The fourth-order valence-electron chi connectivity index (χ4n) is 4.08. The van der Waals surface area contributed by atoms with Crippen molar-refractivity contribution in [3.05, 3.63) is 17.5 Å². The Labute approximate surface area is 157 Å². The van der Waals surface area contributed by atoms with Crippen LogP contribution >= 0.6 is 0 Å². The molecule has 2 fully saturated rings. The number of amides is 1. The topological polar surface area (TPSA) is 61.5 Å². The summed E-state index contributed by atoms with van der Waals surface area (Å²) in [6, 6.07) is 2.21. The standard InChI is InChI=1S/C20H34N4O2/c1-16(2)12-18-13-19(22-21-18)15-23-7-3-4-17(14-23)5-6-20(25)24-8-10-26-11-9-24/h13,16-17H,3-12,14-15H2,1-2H3,(H,21,22)/t17-/m1/s1. The van der Waals surface area contributed by atoms with Crippen molar-refractivity contribution in [3.63, 3.8) is 0 Å². The molecule has 0 unspecified atom stereocenters. The zero-order valence-corrected chi connectivity index (χ0v) is 16.4. The zero-order valence-electron chi connectivity index (χ0n) is 16.4. The van der Waals surface area contributed by atoms with Gasteiger partial charge in [0.2, 0.25) is 5.91 Å². The molecule has 1 aromatic heterocycles. The van der Waals surface area contributed by atoms with E-state index in [4.69, 9.17) is 4.74 Å². The molecule has 2 aliphatic heterocycles. The van der Waals surface area contributed by atoms with Gasteiger partial charge in [0, 0.05) is 38.3 Å². The molecule has 2 aliphatic rings. The van der Waals surface area contributed by atoms with Crippen LogP contribution in [0.5, 0.6) is 0 Å². The second kappa shape index (κ2) is 9.51. The number of H-pyrrole nitrogens is 1. The molecule has 0 radical (unpaired) electrons. The number of carbonyl (C=O) groups excluding carboxylic acids is 1. The van der Waals surface area contributed by atoms with Crippen molar-refractivity contribution < 1.29 is 9.53 Å². The van der Waals surface area contributed by atoms with Crippen molar-refractivity contribution in [2.75, 3.05) is 39.4 Å². The van der Waals surface area contributed by atoms with Crippen LogP contribution in [-0.4, -0.2) is 65.3 Å². The summed E-state index contributed by atoms with van der Waals surface area (Å²) in [6.07, 6.45) is 5.19. The minimum Gasteiger partial charge on any atom is -0.378 e. The Bertz CT molecular complexity index is 566. The molecule has 26 heavy (non-hydrogen) atoms. The van der Waals surface area contributed by atoms with Gasteiger partial charge in [-0.2, -0.15) is 5.10 Å². The molecule has 1 aromatic rings. The van der Waals surface area contributed by atoms with Crippen molar-refractivity contribution >= 4 is 5.91 Å². The van der Waals surface area contributed by atoms with Gasteiger partial charge in [-0.1, -0.05) is 13.8 Å². The first kappa shape index (κ1) is 19.4. The number of aromatic amines is 1. The van der Waals surface area contributed by atoms with Gasteiger partial charge >= 0.3 is 0 Å². The molecule has 1 N–H and O–H groups in total. The first-order chi connectivity index (χ1) is 12.6. The number of hydrogen-bond acceptors (Lipinski definition) is 4. The maximum absolute atomic E-state index is 12.3. The van der Waals surface area contributed by atoms with E-state index in [1.807, 2.05) is 4.90 Å². The number of carbonyl (C=O) groups is 1. The predicted octanol–water partition coefficient (Wildman–Crippen LogP) is 2.46. The highest BCUT2D eigenvalue weighted by Crippen LogP contribution is 2.23. The molecule has 3 heterocycles. The SMILES string of the molecule is CC(C)Cc1cc(CN2CCC[C@H](CCC(=O)N3CCOCC3)C2)[nH]n1. The molecule has 1 amide bonds. The van der Waals surface area contributed by atoms with Gasteiger partial charge in [-0.15, -0.1) is 0 Å². The molecule has 146 valence electrons. The van der Waals surface area contributed by atoms with Crippen LogP contribution in [0.4, 0.5) is 0 Å². The lowest BCUT2D eigenvalue weighted by atomic mass is 9.93. The largest absolute Gasteiger partial charge is 0.378 e. The lowest BCUT2D eigenvalue weighted by Gasteiger charge is -2.33. The van der Waals surface area contributed by atoms with Gasteiger partial charge in [-0.25, -0.2) is 0 Å². The maximum Gasteiger partial charge on any atom is 0.222 e. The number of ether oxygens (including phenoxy) is 1. The van der Waals surface area contributed by atoms with Crippen LogP contribution in [0.25, 0.3) is 0 Å². The average Bonchev–Trinajstić information content (AvgIpc) is 3.07. The number of nitrogens with one attached hydrogen (secondary N) is 1. The summed E-state index contributed by atoms with van der Waals surface area (Å²) in [7, 11) is 0. The highest BCUT2D eigenvalue weighted by Gasteiger charge is 2.23. The number of morpholine rings is 1. The van der Waals surface area contributed by atoms with Crippen molar-refractivity contribution in [3.8, 4) is 0 Å². The lowest BCUT2D eigenvalue weighted by Crippen LogP contribution is -2.41. The third-order valence-corrected chi connectivity index (χ3v) is 5.43. The average molecular weight is 363 g/mol. The summed E-state index contributed by atoms with van der Waals surface area (Å²) in [6.45, 7) is 10.5. The van der Waals surface area contributed by atoms with Crippen LogP contribution in [0.3, 0.4) is 0 Å². The Morgan fingerprint density at radius 1 is 1.35 bits per heavy atom. The summed E-state index contributed by atoms with van der Waals surface area (Å²) in [5, 5.41) is 7.64. The van der Waals surface area contributed by atoms with Gasteiger partial charge in [0.05, 0.1) is 18.9 Å². The molecule has 2 saturated heterocycles. The van der Waals surface area contributed by atoms with Gasteiger partial charge in [-0.05, 0) is 50.1 Å². The number of rotatable bonds is 7. The van der Waals surface area contributed by atoms with Crippen molar-refractivity contribution in [2.24, 2.45) is 11.8 Å². The fourth-order valence-corrected chi connectivity index (χ4v) is 4.08. The summed E-state index contributed by atoms with van der Waals surface area (Å²) in [4.78, 5) is 16.8. The van der Waals surface area contributed by atoms with E-state index in [1.165, 1.54) is 24.2 Å². The number of likely N-dealkylation sites (tertiary alicyclic amines) is 1. The third kappa shape index (κ3) is 5.81. The second-order valence-corrected chi connectivity index (χ2v) is 8.26. The molecule has 1 atom stereocenters. The highest BCUT2D eigenvalue weighted by molar-refractivity contribution is 5.76. The van der Waals surface area contributed by atoms with E-state index >= 15 is 0 Å². The van der Waals surface area contributed by atoms with Gasteiger partial charge in [-0.3, -0.25) is 14.8 Å².